The van der Waals surface area contributed by atoms with Gasteiger partial charge in [0.25, 0.3) is 0 Å². The van der Waals surface area contributed by atoms with Gasteiger partial charge in [0.1, 0.15) is 0 Å². The van der Waals surface area contributed by atoms with Crippen molar-refractivity contribution < 1.29 is 24.2 Å². The van der Waals surface area contributed by atoms with Gasteiger partial charge in [0.05, 0.1) is 18.6 Å². The number of carboxylic acids is 1. The molecule has 0 radical (unpaired) electrons. The Morgan fingerprint density at radius 3 is 2.28 bits per heavy atom. The number of nitrogens with one attached hydrogen (secondary N) is 1. The summed E-state index contributed by atoms with van der Waals surface area (Å²) in [5, 5.41) is 12.5. The highest BCUT2D eigenvalue weighted by Crippen LogP contribution is 2.10. The van der Waals surface area contributed by atoms with Crippen molar-refractivity contribution in [3.05, 3.63) is 42.0 Å². The zero-order chi connectivity index (χ0) is 13.5. The Kier molecular flexibility index (Phi) is 4.62. The molecule has 0 bridgehead atoms. The van der Waals surface area contributed by atoms with Crippen LogP contribution in [0.4, 0.5) is 5.69 Å². The molecule has 1 rings (SSSR count). The molecular formula is C12H10NO5-. The number of methoxy groups -OCH3 is 1. The molecule has 0 saturated carbocycles. The third-order valence-electron chi connectivity index (χ3n) is 1.94. The van der Waals surface area contributed by atoms with Crippen molar-refractivity contribution in [1.82, 2.24) is 0 Å². The van der Waals surface area contributed by atoms with Crippen LogP contribution in [0.3, 0.4) is 0 Å². The number of carbonyl (C=O) groups excluding carboxylic acids is 3. The van der Waals surface area contributed by atoms with Gasteiger partial charge in [0.2, 0.25) is 5.91 Å². The van der Waals surface area contributed by atoms with E-state index in [1.165, 1.54) is 31.4 Å². The first-order valence-corrected chi connectivity index (χ1v) is 4.91. The Morgan fingerprint density at radius 2 is 1.78 bits per heavy atom. The van der Waals surface area contributed by atoms with E-state index in [2.05, 4.69) is 10.1 Å². The largest absolute Gasteiger partial charge is 0.545 e. The van der Waals surface area contributed by atoms with Gasteiger partial charge >= 0.3 is 5.97 Å². The summed E-state index contributed by atoms with van der Waals surface area (Å²) in [4.78, 5) is 32.4. The number of carboxylic acid groups (broad SMARTS) is 1. The Morgan fingerprint density at radius 1 is 1.17 bits per heavy atom. The molecule has 0 fully saturated rings. The zero-order valence-electron chi connectivity index (χ0n) is 9.51. The predicted octanol–water partition coefficient (Wildman–Crippen LogP) is -0.282. The average Bonchev–Trinajstić information content (AvgIpc) is 2.36. The van der Waals surface area contributed by atoms with E-state index in [1.54, 1.807) is 0 Å². The van der Waals surface area contributed by atoms with Crippen LogP contribution < -0.4 is 10.4 Å². The van der Waals surface area contributed by atoms with E-state index in [0.717, 1.165) is 6.08 Å². The van der Waals surface area contributed by atoms with E-state index in [-0.39, 0.29) is 0 Å². The van der Waals surface area contributed by atoms with Gasteiger partial charge < -0.3 is 20.0 Å². The van der Waals surface area contributed by atoms with Crippen molar-refractivity contribution in [2.45, 2.75) is 0 Å². The monoisotopic (exact) mass is 248 g/mol. The van der Waals surface area contributed by atoms with E-state index in [9.17, 15) is 19.5 Å². The number of ether oxygens (including phenoxy) is 1. The SMILES string of the molecule is COC(=O)c1ccc(NC(=O)C=CC(=O)[O-])cc1. The summed E-state index contributed by atoms with van der Waals surface area (Å²) >= 11 is 0. The molecule has 6 heteroatoms. The summed E-state index contributed by atoms with van der Waals surface area (Å²) in [6.07, 6.45) is 1.46. The summed E-state index contributed by atoms with van der Waals surface area (Å²) in [6.45, 7) is 0. The molecule has 0 atom stereocenters. The van der Waals surface area contributed by atoms with E-state index < -0.39 is 17.8 Å². The molecule has 0 heterocycles. The Bertz CT molecular complexity index is 490. The van der Waals surface area contributed by atoms with Crippen LogP contribution in [0.5, 0.6) is 0 Å². The minimum Gasteiger partial charge on any atom is -0.545 e. The molecule has 6 nitrogen and oxygen atoms in total. The number of carbonyl (C=O) groups is 3. The average molecular weight is 248 g/mol. The lowest BCUT2D eigenvalue weighted by Crippen LogP contribution is -2.20. The van der Waals surface area contributed by atoms with Crippen LogP contribution in [0.2, 0.25) is 0 Å². The molecular weight excluding hydrogens is 238 g/mol. The van der Waals surface area contributed by atoms with Crippen LogP contribution in [0.1, 0.15) is 10.4 Å². The van der Waals surface area contributed by atoms with Gasteiger partial charge in [-0.15, -0.1) is 0 Å². The van der Waals surface area contributed by atoms with Crippen molar-refractivity contribution in [2.75, 3.05) is 12.4 Å². The summed E-state index contributed by atoms with van der Waals surface area (Å²) < 4.78 is 4.51. The van der Waals surface area contributed by atoms with Gasteiger partial charge in [-0.25, -0.2) is 4.79 Å². The smallest absolute Gasteiger partial charge is 0.337 e. The van der Waals surface area contributed by atoms with E-state index in [4.69, 9.17) is 0 Å². The number of rotatable bonds is 4. The van der Waals surface area contributed by atoms with Crippen molar-refractivity contribution in [2.24, 2.45) is 0 Å². The first-order chi connectivity index (χ1) is 8.52. The molecule has 1 aromatic rings. The maximum absolute atomic E-state index is 11.2. The van der Waals surface area contributed by atoms with Gasteiger partial charge in [-0.3, -0.25) is 4.79 Å². The third-order valence-corrected chi connectivity index (χ3v) is 1.94. The van der Waals surface area contributed by atoms with Gasteiger partial charge in [-0.2, -0.15) is 0 Å². The van der Waals surface area contributed by atoms with Gasteiger partial charge in [0.15, 0.2) is 0 Å². The summed E-state index contributed by atoms with van der Waals surface area (Å²) in [7, 11) is 1.27. The number of esters is 1. The first kappa shape index (κ1) is 13.4. The lowest BCUT2D eigenvalue weighted by atomic mass is 10.2. The fourth-order valence-corrected chi connectivity index (χ4v) is 1.14. The first-order valence-electron chi connectivity index (χ1n) is 4.91. The number of amides is 1. The van der Waals surface area contributed by atoms with E-state index >= 15 is 0 Å². The van der Waals surface area contributed by atoms with Crippen molar-refractivity contribution in [3.8, 4) is 0 Å². The molecule has 0 aromatic heterocycles. The summed E-state index contributed by atoms with van der Waals surface area (Å²) in [6, 6.07) is 5.95. The fraction of sp³-hybridized carbons (Fsp3) is 0.0833. The zero-order valence-corrected chi connectivity index (χ0v) is 9.51. The minimum absolute atomic E-state index is 0.348. The molecule has 0 aliphatic rings. The van der Waals surface area contributed by atoms with Crippen LogP contribution >= 0.6 is 0 Å². The maximum atomic E-state index is 11.2. The second-order valence-electron chi connectivity index (χ2n) is 3.21. The Balaban J connectivity index is 2.66. The summed E-state index contributed by atoms with van der Waals surface area (Å²) in [5.74, 6) is -2.54. The maximum Gasteiger partial charge on any atom is 0.337 e. The van der Waals surface area contributed by atoms with Crippen molar-refractivity contribution in [3.63, 3.8) is 0 Å². The van der Waals surface area contributed by atoms with Crippen LogP contribution in [0, 0.1) is 0 Å². The fourth-order valence-electron chi connectivity index (χ4n) is 1.14. The number of benzene rings is 1. The lowest BCUT2D eigenvalue weighted by Gasteiger charge is -2.03. The van der Waals surface area contributed by atoms with Crippen molar-refractivity contribution in [1.29, 1.82) is 0 Å². The Hall–Kier alpha value is -2.63. The molecule has 1 N–H and O–H groups in total. The Labute approximate surface area is 103 Å². The topological polar surface area (TPSA) is 95.5 Å². The third kappa shape index (κ3) is 4.09. The lowest BCUT2D eigenvalue weighted by molar-refractivity contribution is -0.297. The highest BCUT2D eigenvalue weighted by atomic mass is 16.5. The second kappa shape index (κ2) is 6.19. The van der Waals surface area contributed by atoms with Crippen LogP contribution in [0.15, 0.2) is 36.4 Å². The van der Waals surface area contributed by atoms with Crippen LogP contribution in [0.25, 0.3) is 0 Å². The molecule has 18 heavy (non-hydrogen) atoms. The molecule has 0 spiro atoms. The highest BCUT2D eigenvalue weighted by molar-refractivity contribution is 6.02. The molecule has 0 aliphatic heterocycles. The standard InChI is InChI=1S/C12H11NO5/c1-18-12(17)8-2-4-9(5-3-8)13-10(14)6-7-11(15)16/h2-7H,1H3,(H,13,14)(H,15,16)/p-1. The molecule has 0 unspecified atom stereocenters. The van der Waals surface area contributed by atoms with Gasteiger partial charge in [-0.05, 0) is 30.3 Å². The highest BCUT2D eigenvalue weighted by Gasteiger charge is 2.04. The van der Waals surface area contributed by atoms with Gasteiger partial charge in [0, 0.05) is 11.8 Å². The van der Waals surface area contributed by atoms with Gasteiger partial charge in [-0.1, -0.05) is 0 Å². The van der Waals surface area contributed by atoms with Crippen molar-refractivity contribution >= 4 is 23.5 Å². The number of hydrogen-bond acceptors (Lipinski definition) is 5. The quantitative estimate of drug-likeness (QED) is 0.584. The molecule has 94 valence electrons. The minimum atomic E-state index is -1.45. The number of anilines is 1. The van der Waals surface area contributed by atoms with E-state index in [1.807, 2.05) is 0 Å². The molecule has 0 aliphatic carbocycles. The van der Waals surface area contributed by atoms with E-state index in [0.29, 0.717) is 17.3 Å². The van der Waals surface area contributed by atoms with Crippen LogP contribution in [-0.2, 0) is 14.3 Å². The summed E-state index contributed by atoms with van der Waals surface area (Å²) in [5.41, 5.74) is 0.774. The van der Waals surface area contributed by atoms with Crippen LogP contribution in [-0.4, -0.2) is 25.0 Å². The normalized spacial score (nSPS) is 10.1. The number of hydrogen-bond donors (Lipinski definition) is 1. The molecule has 1 aromatic carbocycles. The number of aliphatic carboxylic acids is 1. The molecule has 0 saturated heterocycles. The second-order valence-corrected chi connectivity index (χ2v) is 3.21. The predicted molar refractivity (Wildman–Crippen MR) is 60.6 cm³/mol. The molecule has 1 amide bonds.